The molecule has 110 valence electrons. The molecule has 0 bridgehead atoms. The van der Waals surface area contributed by atoms with Crippen LogP contribution in [0.1, 0.15) is 13.3 Å². The lowest BCUT2D eigenvalue weighted by Crippen LogP contribution is -2.35. The zero-order valence-corrected chi connectivity index (χ0v) is 11.6. The highest BCUT2D eigenvalue weighted by atomic mass is 16.5. The Hall–Kier alpha value is -1.72. The molecule has 5 heteroatoms. The van der Waals surface area contributed by atoms with Crippen LogP contribution in [0.2, 0.25) is 0 Å². The Kier molecular flexibility index (Phi) is 4.20. The van der Waals surface area contributed by atoms with Crippen LogP contribution >= 0.6 is 0 Å². The molecule has 0 saturated carbocycles. The lowest BCUT2D eigenvalue weighted by Gasteiger charge is -2.24. The first-order chi connectivity index (χ1) is 9.47. The minimum Gasteiger partial charge on any atom is -0.507 e. The van der Waals surface area contributed by atoms with E-state index in [1.165, 1.54) is 13.2 Å². The summed E-state index contributed by atoms with van der Waals surface area (Å²) in [4.78, 5) is 0. The maximum atomic E-state index is 10.2. The summed E-state index contributed by atoms with van der Waals surface area (Å²) in [5, 5.41) is 40.1. The molecule has 1 aromatic rings. The minimum atomic E-state index is -0.512. The predicted molar refractivity (Wildman–Crippen MR) is 74.9 cm³/mol. The van der Waals surface area contributed by atoms with Crippen molar-refractivity contribution in [2.24, 2.45) is 11.8 Å². The molecule has 0 fully saturated rings. The highest BCUT2D eigenvalue weighted by Crippen LogP contribution is 2.28. The Morgan fingerprint density at radius 1 is 1.20 bits per heavy atom. The second kappa shape index (κ2) is 5.73. The number of ether oxygens (including phenoxy) is 1. The maximum Gasteiger partial charge on any atom is 0.165 e. The summed E-state index contributed by atoms with van der Waals surface area (Å²) >= 11 is 0. The topological polar surface area (TPSA) is 90.2 Å². The Morgan fingerprint density at radius 3 is 2.40 bits per heavy atom. The van der Waals surface area contributed by atoms with Crippen LogP contribution in [0.5, 0.6) is 17.2 Å². The molecule has 1 aliphatic rings. The molecule has 3 atom stereocenters. The third-order valence-corrected chi connectivity index (χ3v) is 3.68. The van der Waals surface area contributed by atoms with E-state index in [0.29, 0.717) is 16.9 Å². The summed E-state index contributed by atoms with van der Waals surface area (Å²) in [6.45, 7) is 1.60. The summed E-state index contributed by atoms with van der Waals surface area (Å²) in [5.74, 6) is -0.145. The monoisotopic (exact) mass is 280 g/mol. The Bertz CT molecular complexity index is 606. The number of hydrogen-bond donors (Lipinski definition) is 4. The lowest BCUT2D eigenvalue weighted by molar-refractivity contribution is 0.150. The number of aliphatic hydroxyl groups excluding tert-OH is 2. The first kappa shape index (κ1) is 14.7. The van der Waals surface area contributed by atoms with Crippen LogP contribution in [-0.4, -0.2) is 40.2 Å². The van der Waals surface area contributed by atoms with Crippen LogP contribution in [-0.2, 0) is 0 Å². The molecule has 4 N–H and O–H groups in total. The fourth-order valence-electron chi connectivity index (χ4n) is 2.67. The summed E-state index contributed by atoms with van der Waals surface area (Å²) in [6, 6.07) is 1.35. The summed E-state index contributed by atoms with van der Waals surface area (Å²) < 4.78 is 5.02. The standard InChI is InChI=1S/C15H20O5/c1-8(17)3-9-4-12-11(5-10(9)7-16)13(18)6-14(20-2)15(12)19/h4-6,8-10,16-19H,3,7H2,1-2H3. The van der Waals surface area contributed by atoms with Gasteiger partial charge in [-0.15, -0.1) is 0 Å². The van der Waals surface area contributed by atoms with E-state index in [1.54, 1.807) is 19.1 Å². The van der Waals surface area contributed by atoms with Gasteiger partial charge in [-0.05, 0) is 19.3 Å². The SMILES string of the molecule is COc1cc(O)c2c(c1O)=CC(CC(C)O)C(CO)C=2. The molecule has 1 aliphatic carbocycles. The highest BCUT2D eigenvalue weighted by Gasteiger charge is 2.23. The average molecular weight is 280 g/mol. The van der Waals surface area contributed by atoms with Crippen molar-refractivity contribution in [1.82, 2.24) is 0 Å². The molecule has 5 nitrogen and oxygen atoms in total. The van der Waals surface area contributed by atoms with E-state index in [0.717, 1.165) is 0 Å². The van der Waals surface area contributed by atoms with Gasteiger partial charge in [-0.25, -0.2) is 0 Å². The first-order valence-corrected chi connectivity index (χ1v) is 6.59. The average Bonchev–Trinajstić information content (AvgIpc) is 2.41. The van der Waals surface area contributed by atoms with Crippen molar-refractivity contribution in [2.75, 3.05) is 13.7 Å². The van der Waals surface area contributed by atoms with E-state index < -0.39 is 6.10 Å². The normalized spacial score (nSPS) is 22.4. The molecule has 0 spiro atoms. The molecule has 0 aliphatic heterocycles. The van der Waals surface area contributed by atoms with Crippen molar-refractivity contribution in [3.8, 4) is 17.2 Å². The van der Waals surface area contributed by atoms with Gasteiger partial charge in [-0.1, -0.05) is 12.2 Å². The van der Waals surface area contributed by atoms with Gasteiger partial charge < -0.3 is 25.2 Å². The van der Waals surface area contributed by atoms with E-state index in [-0.39, 0.29) is 35.7 Å². The molecular formula is C15H20O5. The third-order valence-electron chi connectivity index (χ3n) is 3.68. The number of rotatable bonds is 4. The number of phenols is 2. The van der Waals surface area contributed by atoms with Gasteiger partial charge in [-0.3, -0.25) is 0 Å². The van der Waals surface area contributed by atoms with Gasteiger partial charge in [-0.2, -0.15) is 0 Å². The zero-order valence-electron chi connectivity index (χ0n) is 11.6. The van der Waals surface area contributed by atoms with Crippen molar-refractivity contribution in [1.29, 1.82) is 0 Å². The molecule has 0 saturated heterocycles. The number of aliphatic hydroxyl groups is 2. The third kappa shape index (κ3) is 2.59. The van der Waals surface area contributed by atoms with Crippen LogP contribution < -0.4 is 15.2 Å². The smallest absolute Gasteiger partial charge is 0.165 e. The lowest BCUT2D eigenvalue weighted by atomic mass is 9.83. The number of hydrogen-bond acceptors (Lipinski definition) is 5. The number of methoxy groups -OCH3 is 1. The summed E-state index contributed by atoms with van der Waals surface area (Å²) in [5.41, 5.74) is 0. The Balaban J connectivity index is 2.63. The number of benzene rings is 1. The second-order valence-corrected chi connectivity index (χ2v) is 5.20. The van der Waals surface area contributed by atoms with E-state index in [9.17, 15) is 20.4 Å². The van der Waals surface area contributed by atoms with Crippen LogP contribution in [0.4, 0.5) is 0 Å². The highest BCUT2D eigenvalue weighted by molar-refractivity contribution is 5.56. The zero-order chi connectivity index (χ0) is 14.9. The maximum absolute atomic E-state index is 10.2. The molecule has 3 unspecified atom stereocenters. The molecule has 0 aromatic heterocycles. The Labute approximate surface area is 117 Å². The van der Waals surface area contributed by atoms with Gasteiger partial charge in [0.1, 0.15) is 5.75 Å². The van der Waals surface area contributed by atoms with Gasteiger partial charge in [0, 0.05) is 29.0 Å². The second-order valence-electron chi connectivity index (χ2n) is 5.20. The van der Waals surface area contributed by atoms with Crippen molar-refractivity contribution >= 4 is 12.2 Å². The fraction of sp³-hybridized carbons (Fsp3) is 0.467. The first-order valence-electron chi connectivity index (χ1n) is 6.59. The fourth-order valence-corrected chi connectivity index (χ4v) is 2.67. The van der Waals surface area contributed by atoms with Gasteiger partial charge in [0.2, 0.25) is 0 Å². The molecular weight excluding hydrogens is 260 g/mol. The summed E-state index contributed by atoms with van der Waals surface area (Å²) in [7, 11) is 1.41. The Morgan fingerprint density at radius 2 is 1.85 bits per heavy atom. The van der Waals surface area contributed by atoms with E-state index in [4.69, 9.17) is 4.74 Å². The predicted octanol–water partition coefficient (Wildman–Crippen LogP) is -0.323. The summed E-state index contributed by atoms with van der Waals surface area (Å²) in [6.07, 6.45) is 3.47. The molecule has 1 aromatic carbocycles. The van der Waals surface area contributed by atoms with Gasteiger partial charge in [0.15, 0.2) is 11.5 Å². The van der Waals surface area contributed by atoms with E-state index in [2.05, 4.69) is 0 Å². The van der Waals surface area contributed by atoms with Crippen molar-refractivity contribution in [3.63, 3.8) is 0 Å². The van der Waals surface area contributed by atoms with Crippen LogP contribution in [0.25, 0.3) is 12.2 Å². The quantitative estimate of drug-likeness (QED) is 0.567. The van der Waals surface area contributed by atoms with Gasteiger partial charge in [0.25, 0.3) is 0 Å². The molecule has 2 rings (SSSR count). The molecule has 0 amide bonds. The molecule has 0 radical (unpaired) electrons. The van der Waals surface area contributed by atoms with Crippen molar-refractivity contribution in [3.05, 3.63) is 16.5 Å². The molecule has 0 heterocycles. The van der Waals surface area contributed by atoms with Gasteiger partial charge in [0.05, 0.1) is 13.2 Å². The van der Waals surface area contributed by atoms with Gasteiger partial charge >= 0.3 is 0 Å². The molecule has 20 heavy (non-hydrogen) atoms. The number of aromatic hydroxyl groups is 2. The van der Waals surface area contributed by atoms with E-state index in [1.807, 2.05) is 0 Å². The largest absolute Gasteiger partial charge is 0.507 e. The number of phenolic OH excluding ortho intramolecular Hbond substituents is 2. The van der Waals surface area contributed by atoms with Crippen LogP contribution in [0, 0.1) is 11.8 Å². The minimum absolute atomic E-state index is 0.000142. The van der Waals surface area contributed by atoms with E-state index >= 15 is 0 Å². The van der Waals surface area contributed by atoms with Crippen LogP contribution in [0.3, 0.4) is 0 Å². The number of fused-ring (bicyclic) bond motifs is 1. The van der Waals surface area contributed by atoms with Crippen molar-refractivity contribution < 1.29 is 25.2 Å². The van der Waals surface area contributed by atoms with Crippen LogP contribution in [0.15, 0.2) is 6.07 Å². The van der Waals surface area contributed by atoms with Crippen molar-refractivity contribution in [2.45, 2.75) is 19.4 Å².